The lowest BCUT2D eigenvalue weighted by molar-refractivity contribution is -0.132. The molecule has 1 aliphatic heterocycles. The number of anilines is 1. The van der Waals surface area contributed by atoms with Crippen LogP contribution in [0.25, 0.3) is 22.2 Å². The zero-order valence-corrected chi connectivity index (χ0v) is 27.6. The van der Waals surface area contributed by atoms with E-state index in [9.17, 15) is 18.4 Å². The summed E-state index contributed by atoms with van der Waals surface area (Å²) in [6.45, 7) is 2.38. The van der Waals surface area contributed by atoms with E-state index >= 15 is 0 Å². The summed E-state index contributed by atoms with van der Waals surface area (Å²) in [4.78, 5) is 42.0. The quantitative estimate of drug-likeness (QED) is 0.175. The summed E-state index contributed by atoms with van der Waals surface area (Å²) in [6.07, 6.45) is 5.70. The zero-order valence-electron chi connectivity index (χ0n) is 26.9. The molecule has 14 heteroatoms. The topological polar surface area (TPSA) is 138 Å². The Labute approximate surface area is 285 Å². The van der Waals surface area contributed by atoms with Crippen molar-refractivity contribution in [2.24, 2.45) is 11.7 Å². The number of pyridine rings is 3. The van der Waals surface area contributed by atoms with Crippen molar-refractivity contribution in [2.45, 2.75) is 64.8 Å². The third-order valence-electron chi connectivity index (χ3n) is 8.77. The highest BCUT2D eigenvalue weighted by Gasteiger charge is 2.41. The SMILES string of the molecule is C[C@H](c1cccc(OC(F)F)n1)n1ncc2c(-c3ccc4c(c3)OC(C)(C)C(=O)N4Cc3ccc(Cl)cn3)c(C(N)=O)c(CC3CC3)nc21. The van der Waals surface area contributed by atoms with Gasteiger partial charge in [-0.1, -0.05) is 23.7 Å². The van der Waals surface area contributed by atoms with Gasteiger partial charge in [-0.25, -0.2) is 14.6 Å². The molecular formula is C35H32ClF2N7O4. The second kappa shape index (κ2) is 12.4. The van der Waals surface area contributed by atoms with Crippen molar-refractivity contribution in [3.05, 3.63) is 88.6 Å². The summed E-state index contributed by atoms with van der Waals surface area (Å²) < 4.78 is 38.3. The number of rotatable bonds is 10. The van der Waals surface area contributed by atoms with Crippen LogP contribution >= 0.6 is 11.6 Å². The van der Waals surface area contributed by atoms with Crippen molar-refractivity contribution in [1.82, 2.24) is 24.7 Å². The minimum atomic E-state index is -3.02. The first-order valence-electron chi connectivity index (χ1n) is 15.8. The standard InChI is InChI=1S/C35H32ClF2N7O4/c1-18(24-5-4-6-28(42-24)48-34(37)38)45-32-23(16-41-45)29(30(31(39)46)25(43-32)13-19-7-8-19)20-9-12-26-27(14-20)49-35(2,3)33(47)44(26)17-22-11-10-21(36)15-40-22/h4-6,9-12,14-16,18-19,34H,7-8,13,17H2,1-3H3,(H2,39,46)/t18-/m1/s1. The number of hydrogen-bond acceptors (Lipinski definition) is 8. The van der Waals surface area contributed by atoms with Gasteiger partial charge in [0.2, 0.25) is 5.88 Å². The highest BCUT2D eigenvalue weighted by atomic mass is 35.5. The molecule has 0 radical (unpaired) electrons. The Bertz CT molecular complexity index is 2100. The van der Waals surface area contributed by atoms with Gasteiger partial charge in [-0.15, -0.1) is 0 Å². The van der Waals surface area contributed by atoms with Crippen LogP contribution < -0.4 is 20.1 Å². The van der Waals surface area contributed by atoms with E-state index in [0.29, 0.717) is 68.0 Å². The molecule has 1 aromatic carbocycles. The summed E-state index contributed by atoms with van der Waals surface area (Å²) in [7, 11) is 0. The molecule has 2 N–H and O–H groups in total. The van der Waals surface area contributed by atoms with E-state index in [1.54, 1.807) is 66.0 Å². The van der Waals surface area contributed by atoms with Crippen LogP contribution in [0.15, 0.2) is 60.9 Å². The third kappa shape index (κ3) is 6.26. The molecule has 2 amide bonds. The number of aromatic nitrogens is 5. The molecule has 1 fully saturated rings. The molecule has 252 valence electrons. The molecule has 0 bridgehead atoms. The van der Waals surface area contributed by atoms with Crippen molar-refractivity contribution in [3.8, 4) is 22.8 Å². The van der Waals surface area contributed by atoms with Crippen LogP contribution in [0.3, 0.4) is 0 Å². The molecule has 1 atom stereocenters. The highest BCUT2D eigenvalue weighted by Crippen LogP contribution is 2.44. The number of carbonyl (C=O) groups is 2. The number of hydrogen-bond donors (Lipinski definition) is 1. The van der Waals surface area contributed by atoms with E-state index in [2.05, 4.69) is 19.8 Å². The van der Waals surface area contributed by atoms with Crippen molar-refractivity contribution in [2.75, 3.05) is 4.90 Å². The van der Waals surface area contributed by atoms with Crippen LogP contribution in [0.1, 0.15) is 67.1 Å². The Morgan fingerprint density at radius 1 is 1.14 bits per heavy atom. The monoisotopic (exact) mass is 687 g/mol. The van der Waals surface area contributed by atoms with Gasteiger partial charge in [0.1, 0.15) is 5.75 Å². The Balaban J connectivity index is 1.37. The summed E-state index contributed by atoms with van der Waals surface area (Å²) in [6, 6.07) is 12.9. The average Bonchev–Trinajstić information content (AvgIpc) is 3.77. The van der Waals surface area contributed by atoms with Crippen LogP contribution in [-0.2, 0) is 17.8 Å². The lowest BCUT2D eigenvalue weighted by Crippen LogP contribution is -2.52. The normalized spacial score (nSPS) is 16.1. The number of primary amides is 1. The minimum Gasteiger partial charge on any atom is -0.476 e. The van der Waals surface area contributed by atoms with Crippen LogP contribution in [-0.4, -0.2) is 48.8 Å². The second-order valence-corrected chi connectivity index (χ2v) is 13.2. The molecule has 5 heterocycles. The van der Waals surface area contributed by atoms with Gasteiger partial charge in [0.25, 0.3) is 11.8 Å². The Kier molecular flexibility index (Phi) is 8.18. The van der Waals surface area contributed by atoms with Crippen molar-refractivity contribution in [1.29, 1.82) is 0 Å². The maximum Gasteiger partial charge on any atom is 0.388 e. The fourth-order valence-corrected chi connectivity index (χ4v) is 6.30. The Morgan fingerprint density at radius 2 is 1.94 bits per heavy atom. The number of alkyl halides is 2. The zero-order chi connectivity index (χ0) is 34.6. The van der Waals surface area contributed by atoms with E-state index in [-0.39, 0.29) is 23.9 Å². The van der Waals surface area contributed by atoms with Crippen LogP contribution in [0.5, 0.6) is 11.6 Å². The van der Waals surface area contributed by atoms with Crippen molar-refractivity contribution >= 4 is 40.1 Å². The summed E-state index contributed by atoms with van der Waals surface area (Å²) in [5, 5.41) is 5.68. The van der Waals surface area contributed by atoms with Gasteiger partial charge >= 0.3 is 6.61 Å². The molecule has 2 aliphatic rings. The number of benzene rings is 1. The smallest absolute Gasteiger partial charge is 0.388 e. The number of amides is 2. The summed E-state index contributed by atoms with van der Waals surface area (Å²) in [5.41, 5.74) is 8.92. The number of nitrogens with two attached hydrogens (primary N) is 1. The number of carbonyl (C=O) groups excluding carboxylic acids is 2. The molecule has 49 heavy (non-hydrogen) atoms. The van der Waals surface area contributed by atoms with E-state index in [4.69, 9.17) is 27.1 Å². The van der Waals surface area contributed by atoms with Gasteiger partial charge in [-0.3, -0.25) is 19.5 Å². The van der Waals surface area contributed by atoms with Gasteiger partial charge in [-0.05, 0) is 81.8 Å². The molecule has 1 aliphatic carbocycles. The molecule has 11 nitrogen and oxygen atoms in total. The summed E-state index contributed by atoms with van der Waals surface area (Å²) >= 11 is 6.04. The molecule has 0 unspecified atom stereocenters. The van der Waals surface area contributed by atoms with Gasteiger partial charge in [-0.2, -0.15) is 13.9 Å². The van der Waals surface area contributed by atoms with E-state index in [1.807, 2.05) is 13.0 Å². The lowest BCUT2D eigenvalue weighted by Gasteiger charge is -2.39. The van der Waals surface area contributed by atoms with Crippen molar-refractivity contribution in [3.63, 3.8) is 0 Å². The first-order chi connectivity index (χ1) is 23.4. The van der Waals surface area contributed by atoms with Crippen LogP contribution in [0.2, 0.25) is 5.02 Å². The first-order valence-corrected chi connectivity index (χ1v) is 16.1. The lowest BCUT2D eigenvalue weighted by atomic mass is 9.92. The molecule has 0 spiro atoms. The van der Waals surface area contributed by atoms with Gasteiger partial charge in [0.15, 0.2) is 11.2 Å². The number of nitrogens with zero attached hydrogens (tertiary/aromatic N) is 6. The van der Waals surface area contributed by atoms with Crippen LogP contribution in [0, 0.1) is 5.92 Å². The molecule has 5 aromatic rings. The van der Waals surface area contributed by atoms with Crippen LogP contribution in [0.4, 0.5) is 14.5 Å². The molecule has 4 aromatic heterocycles. The maximum absolute atomic E-state index is 13.6. The molecule has 1 saturated carbocycles. The Hall–Kier alpha value is -5.17. The fourth-order valence-electron chi connectivity index (χ4n) is 6.19. The largest absolute Gasteiger partial charge is 0.476 e. The number of fused-ring (bicyclic) bond motifs is 2. The summed E-state index contributed by atoms with van der Waals surface area (Å²) in [5.74, 6) is -0.299. The maximum atomic E-state index is 13.6. The van der Waals surface area contributed by atoms with Gasteiger partial charge in [0.05, 0.1) is 52.1 Å². The molecule has 7 rings (SSSR count). The van der Waals surface area contributed by atoms with E-state index in [0.717, 1.165) is 12.8 Å². The third-order valence-corrected chi connectivity index (χ3v) is 8.99. The fraction of sp³-hybridized carbons (Fsp3) is 0.314. The van der Waals surface area contributed by atoms with Gasteiger partial charge in [0, 0.05) is 23.2 Å². The van der Waals surface area contributed by atoms with E-state index < -0.39 is 24.2 Å². The molecule has 0 saturated heterocycles. The number of halogens is 3. The van der Waals surface area contributed by atoms with Gasteiger partial charge < -0.3 is 15.2 Å². The average molecular weight is 688 g/mol. The van der Waals surface area contributed by atoms with Crippen molar-refractivity contribution < 1.29 is 27.8 Å². The first kappa shape index (κ1) is 32.4. The predicted molar refractivity (Wildman–Crippen MR) is 178 cm³/mol. The number of ether oxygens (including phenoxy) is 2. The molecular weight excluding hydrogens is 656 g/mol. The minimum absolute atomic E-state index is 0.189. The second-order valence-electron chi connectivity index (χ2n) is 12.8. The van der Waals surface area contributed by atoms with E-state index in [1.165, 1.54) is 12.3 Å². The Morgan fingerprint density at radius 3 is 2.63 bits per heavy atom. The predicted octanol–water partition coefficient (Wildman–Crippen LogP) is 6.51. The highest BCUT2D eigenvalue weighted by molar-refractivity contribution is 6.30.